The summed E-state index contributed by atoms with van der Waals surface area (Å²) in [5.74, 6) is -0.120. The van der Waals surface area contributed by atoms with Gasteiger partial charge in [-0.2, -0.15) is 0 Å². The molecule has 4 rings (SSSR count). The number of hydrogen-bond donors (Lipinski definition) is 0. The molecule has 1 aliphatic heterocycles. The summed E-state index contributed by atoms with van der Waals surface area (Å²) in [6.07, 6.45) is 5.10. The summed E-state index contributed by atoms with van der Waals surface area (Å²) in [5.41, 5.74) is 1.16. The van der Waals surface area contributed by atoms with E-state index in [0.29, 0.717) is 11.3 Å². The van der Waals surface area contributed by atoms with Crippen LogP contribution in [0.25, 0.3) is 0 Å². The Labute approximate surface area is 122 Å². The highest BCUT2D eigenvalue weighted by Gasteiger charge is 2.59. The fraction of sp³-hybridized carbons (Fsp3) is 0.353. The molecule has 1 aromatic carbocycles. The molecule has 4 unspecified atom stereocenters. The number of ketones is 1. The summed E-state index contributed by atoms with van der Waals surface area (Å²) in [5, 5.41) is 0. The van der Waals surface area contributed by atoms with E-state index in [1.165, 1.54) is 11.8 Å². The maximum atomic E-state index is 12.6. The van der Waals surface area contributed by atoms with Gasteiger partial charge in [-0.3, -0.25) is 19.3 Å². The second-order valence-electron chi connectivity index (χ2n) is 6.11. The Kier molecular flexibility index (Phi) is 2.46. The molecule has 4 atom stereocenters. The van der Waals surface area contributed by atoms with Crippen LogP contribution in [0.4, 0.5) is 5.69 Å². The molecule has 4 heteroatoms. The Hall–Kier alpha value is -2.23. The minimum Gasteiger partial charge on any atom is -0.295 e. The van der Waals surface area contributed by atoms with Gasteiger partial charge in [-0.25, -0.2) is 0 Å². The highest BCUT2D eigenvalue weighted by Crippen LogP contribution is 2.53. The molecular formula is C17H15NO3. The second kappa shape index (κ2) is 4.13. The van der Waals surface area contributed by atoms with Crippen LogP contribution in [0, 0.1) is 23.7 Å². The Morgan fingerprint density at radius 1 is 1.00 bits per heavy atom. The van der Waals surface area contributed by atoms with E-state index in [-0.39, 0.29) is 41.3 Å². The van der Waals surface area contributed by atoms with Gasteiger partial charge >= 0.3 is 0 Å². The molecule has 0 aromatic heterocycles. The molecule has 21 heavy (non-hydrogen) atoms. The van der Waals surface area contributed by atoms with Gasteiger partial charge < -0.3 is 0 Å². The number of imide groups is 1. The van der Waals surface area contributed by atoms with Crippen molar-refractivity contribution in [2.24, 2.45) is 23.7 Å². The van der Waals surface area contributed by atoms with E-state index in [1.54, 1.807) is 24.3 Å². The fourth-order valence-electron chi connectivity index (χ4n) is 4.00. The van der Waals surface area contributed by atoms with E-state index in [0.717, 1.165) is 6.42 Å². The summed E-state index contributed by atoms with van der Waals surface area (Å²) in [6, 6.07) is 6.70. The Bertz CT molecular complexity index is 658. The summed E-state index contributed by atoms with van der Waals surface area (Å²) < 4.78 is 0. The largest absolute Gasteiger partial charge is 0.295 e. The third-order valence-electron chi connectivity index (χ3n) is 5.00. The van der Waals surface area contributed by atoms with E-state index < -0.39 is 0 Å². The minimum atomic E-state index is -0.181. The van der Waals surface area contributed by atoms with Crippen LogP contribution < -0.4 is 4.90 Å². The van der Waals surface area contributed by atoms with Gasteiger partial charge in [-0.15, -0.1) is 0 Å². The highest BCUT2D eigenvalue weighted by molar-refractivity contribution is 6.22. The lowest BCUT2D eigenvalue weighted by Gasteiger charge is -2.17. The number of nitrogens with zero attached hydrogens (tertiary/aromatic N) is 1. The first-order valence-electron chi connectivity index (χ1n) is 7.25. The molecule has 4 nitrogen and oxygen atoms in total. The summed E-state index contributed by atoms with van der Waals surface area (Å²) in [6.45, 7) is 1.49. The molecule has 2 fully saturated rings. The van der Waals surface area contributed by atoms with Gasteiger partial charge in [0.05, 0.1) is 17.5 Å². The van der Waals surface area contributed by atoms with E-state index in [4.69, 9.17) is 0 Å². The SMILES string of the molecule is CC(=O)c1ccc(N2C(=O)C3C4C=CC(C4)C3C2=O)cc1. The van der Waals surface area contributed by atoms with E-state index in [1.807, 2.05) is 0 Å². The second-order valence-corrected chi connectivity index (χ2v) is 6.11. The maximum absolute atomic E-state index is 12.6. The molecule has 0 radical (unpaired) electrons. The van der Waals surface area contributed by atoms with Gasteiger partial charge in [0.1, 0.15) is 0 Å². The monoisotopic (exact) mass is 281 g/mol. The number of benzene rings is 1. The molecule has 3 aliphatic rings. The van der Waals surface area contributed by atoms with E-state index >= 15 is 0 Å². The first-order chi connectivity index (χ1) is 10.1. The van der Waals surface area contributed by atoms with Crippen LogP contribution in [-0.2, 0) is 9.59 Å². The van der Waals surface area contributed by atoms with E-state index in [2.05, 4.69) is 12.2 Å². The number of hydrogen-bond acceptors (Lipinski definition) is 3. The van der Waals surface area contributed by atoms with Crippen molar-refractivity contribution in [2.45, 2.75) is 13.3 Å². The normalized spacial score (nSPS) is 32.9. The van der Waals surface area contributed by atoms with Crippen molar-refractivity contribution in [1.82, 2.24) is 0 Å². The summed E-state index contributed by atoms with van der Waals surface area (Å²) >= 11 is 0. The number of rotatable bonds is 2. The van der Waals surface area contributed by atoms with Crippen molar-refractivity contribution >= 4 is 23.3 Å². The average Bonchev–Trinajstić information content (AvgIpc) is 3.13. The fourth-order valence-corrected chi connectivity index (χ4v) is 4.00. The van der Waals surface area contributed by atoms with Crippen LogP contribution in [0.3, 0.4) is 0 Å². The zero-order valence-corrected chi connectivity index (χ0v) is 11.7. The number of Topliss-reactive ketones (excluding diaryl/α,β-unsaturated/α-hetero) is 1. The standard InChI is InChI=1S/C17H15NO3/c1-9(19)10-4-6-13(7-5-10)18-16(20)14-11-2-3-12(8-11)15(14)17(18)21/h2-7,11-12,14-15H,8H2,1H3. The zero-order chi connectivity index (χ0) is 14.7. The molecule has 2 bridgehead atoms. The topological polar surface area (TPSA) is 54.5 Å². The Morgan fingerprint density at radius 3 is 2.00 bits per heavy atom. The van der Waals surface area contributed by atoms with Crippen LogP contribution in [0.5, 0.6) is 0 Å². The van der Waals surface area contributed by atoms with Crippen molar-refractivity contribution in [3.63, 3.8) is 0 Å². The van der Waals surface area contributed by atoms with Crippen molar-refractivity contribution in [2.75, 3.05) is 4.90 Å². The average molecular weight is 281 g/mol. The molecule has 1 aromatic rings. The number of amides is 2. The van der Waals surface area contributed by atoms with Gasteiger partial charge in [0.25, 0.3) is 0 Å². The summed E-state index contributed by atoms with van der Waals surface area (Å²) in [4.78, 5) is 37.8. The maximum Gasteiger partial charge on any atom is 0.238 e. The zero-order valence-electron chi connectivity index (χ0n) is 11.7. The van der Waals surface area contributed by atoms with Gasteiger partial charge in [-0.1, -0.05) is 12.2 Å². The minimum absolute atomic E-state index is 0.0280. The lowest BCUT2D eigenvalue weighted by atomic mass is 9.85. The lowest BCUT2D eigenvalue weighted by molar-refractivity contribution is -0.123. The molecule has 1 saturated carbocycles. The molecule has 106 valence electrons. The number of anilines is 1. The number of allylic oxidation sites excluding steroid dienone is 2. The molecule has 1 heterocycles. The van der Waals surface area contributed by atoms with Crippen molar-refractivity contribution in [1.29, 1.82) is 0 Å². The van der Waals surface area contributed by atoms with Crippen LogP contribution in [0.15, 0.2) is 36.4 Å². The van der Waals surface area contributed by atoms with Crippen LogP contribution in [0.2, 0.25) is 0 Å². The third-order valence-corrected chi connectivity index (χ3v) is 5.00. The predicted molar refractivity (Wildman–Crippen MR) is 76.7 cm³/mol. The van der Waals surface area contributed by atoms with Gasteiger partial charge in [0.2, 0.25) is 11.8 Å². The lowest BCUT2D eigenvalue weighted by Crippen LogP contribution is -2.32. The molecule has 0 spiro atoms. The van der Waals surface area contributed by atoms with Gasteiger partial charge in [0.15, 0.2) is 5.78 Å². The molecule has 2 aliphatic carbocycles. The predicted octanol–water partition coefficient (Wildman–Crippen LogP) is 2.20. The van der Waals surface area contributed by atoms with Crippen molar-refractivity contribution in [3.8, 4) is 0 Å². The first kappa shape index (κ1) is 12.5. The van der Waals surface area contributed by atoms with E-state index in [9.17, 15) is 14.4 Å². The number of carbonyl (C=O) groups excluding carboxylic acids is 3. The number of carbonyl (C=O) groups is 3. The highest BCUT2D eigenvalue weighted by atomic mass is 16.2. The number of fused-ring (bicyclic) bond motifs is 5. The van der Waals surface area contributed by atoms with Crippen LogP contribution in [-0.4, -0.2) is 17.6 Å². The summed E-state index contributed by atoms with van der Waals surface area (Å²) in [7, 11) is 0. The quantitative estimate of drug-likeness (QED) is 0.474. The van der Waals surface area contributed by atoms with Crippen LogP contribution >= 0.6 is 0 Å². The smallest absolute Gasteiger partial charge is 0.238 e. The Balaban J connectivity index is 1.69. The Morgan fingerprint density at radius 2 is 1.52 bits per heavy atom. The van der Waals surface area contributed by atoms with Crippen LogP contribution in [0.1, 0.15) is 23.7 Å². The van der Waals surface area contributed by atoms with Gasteiger partial charge in [0, 0.05) is 5.56 Å². The molecular weight excluding hydrogens is 266 g/mol. The van der Waals surface area contributed by atoms with Crippen molar-refractivity contribution < 1.29 is 14.4 Å². The molecule has 0 N–H and O–H groups in total. The molecule has 2 amide bonds. The first-order valence-corrected chi connectivity index (χ1v) is 7.25. The third kappa shape index (κ3) is 1.59. The van der Waals surface area contributed by atoms with Gasteiger partial charge in [-0.05, 0) is 49.4 Å². The van der Waals surface area contributed by atoms with Crippen molar-refractivity contribution in [3.05, 3.63) is 42.0 Å². The molecule has 1 saturated heterocycles.